The number of likely N-dealkylation sites (tertiary alicyclic amines) is 1. The Morgan fingerprint density at radius 1 is 1.18 bits per heavy atom. The fourth-order valence-corrected chi connectivity index (χ4v) is 5.04. The third-order valence-electron chi connectivity index (χ3n) is 6.85. The number of hydrogen-bond donors (Lipinski definition) is 1. The molecule has 1 amide bonds. The van der Waals surface area contributed by atoms with Gasteiger partial charge in [0.2, 0.25) is 17.6 Å². The fraction of sp³-hybridized carbons (Fsp3) is 0.464. The van der Waals surface area contributed by atoms with E-state index in [4.69, 9.17) is 4.52 Å². The molecule has 0 spiro atoms. The Kier molecular flexibility index (Phi) is 7.47. The van der Waals surface area contributed by atoms with Crippen molar-refractivity contribution in [1.29, 1.82) is 0 Å². The molecule has 180 valence electrons. The van der Waals surface area contributed by atoms with E-state index in [1.165, 1.54) is 5.56 Å². The first-order valence-corrected chi connectivity index (χ1v) is 12.3. The summed E-state index contributed by atoms with van der Waals surface area (Å²) in [6.07, 6.45) is 2.79. The molecule has 2 atom stereocenters. The summed E-state index contributed by atoms with van der Waals surface area (Å²) in [6, 6.07) is 18.6. The summed E-state index contributed by atoms with van der Waals surface area (Å²) in [5.41, 5.74) is 3.40. The maximum atomic E-state index is 13.1. The highest BCUT2D eigenvalue weighted by Crippen LogP contribution is 2.28. The molecule has 0 radical (unpaired) electrons. The maximum absolute atomic E-state index is 13.1. The number of carbonyl (C=O) groups excluding carboxylic acids is 1. The summed E-state index contributed by atoms with van der Waals surface area (Å²) >= 11 is 0. The molecule has 1 aliphatic heterocycles. The molecule has 1 N–H and O–H groups in total. The van der Waals surface area contributed by atoms with Crippen molar-refractivity contribution in [2.45, 2.75) is 65.0 Å². The number of hydrogen-bond acceptors (Lipinski definition) is 5. The molecule has 0 bridgehead atoms. The molecule has 2 aromatic carbocycles. The first kappa shape index (κ1) is 24.1. The van der Waals surface area contributed by atoms with E-state index in [1.807, 2.05) is 37.3 Å². The molecule has 6 heteroatoms. The number of nitrogens with one attached hydrogen (secondary N) is 1. The lowest BCUT2D eigenvalue weighted by atomic mass is 9.79. The zero-order chi connectivity index (χ0) is 24.1. The smallest absolute Gasteiger partial charge is 0.241 e. The van der Waals surface area contributed by atoms with Crippen LogP contribution in [0.2, 0.25) is 0 Å². The van der Waals surface area contributed by atoms with Crippen LogP contribution in [0.3, 0.4) is 0 Å². The monoisotopic (exact) mass is 460 g/mol. The van der Waals surface area contributed by atoms with Crippen molar-refractivity contribution in [3.8, 4) is 11.4 Å². The summed E-state index contributed by atoms with van der Waals surface area (Å²) in [5.74, 6) is 1.34. The van der Waals surface area contributed by atoms with Crippen LogP contribution in [0.25, 0.3) is 11.4 Å². The molecule has 2 heterocycles. The van der Waals surface area contributed by atoms with Gasteiger partial charge < -0.3 is 9.84 Å². The number of amides is 1. The summed E-state index contributed by atoms with van der Waals surface area (Å²) < 4.78 is 5.53. The quantitative estimate of drug-likeness (QED) is 0.505. The predicted octanol–water partition coefficient (Wildman–Crippen LogP) is 5.13. The van der Waals surface area contributed by atoms with Gasteiger partial charge in [-0.1, -0.05) is 73.6 Å². The Hall–Kier alpha value is -2.99. The first-order valence-electron chi connectivity index (χ1n) is 12.3. The van der Waals surface area contributed by atoms with E-state index in [-0.39, 0.29) is 23.3 Å². The van der Waals surface area contributed by atoms with Crippen LogP contribution < -0.4 is 5.32 Å². The Morgan fingerprint density at radius 2 is 1.91 bits per heavy atom. The zero-order valence-corrected chi connectivity index (χ0v) is 20.8. The van der Waals surface area contributed by atoms with Crippen molar-refractivity contribution in [1.82, 2.24) is 20.4 Å². The number of piperidine rings is 1. The topological polar surface area (TPSA) is 71.3 Å². The number of carbonyl (C=O) groups is 1. The molecule has 0 aliphatic carbocycles. The van der Waals surface area contributed by atoms with Crippen molar-refractivity contribution < 1.29 is 9.32 Å². The van der Waals surface area contributed by atoms with Gasteiger partial charge in [-0.15, -0.1) is 0 Å². The second kappa shape index (κ2) is 10.5. The Balaban J connectivity index is 1.31. The predicted molar refractivity (Wildman–Crippen MR) is 134 cm³/mol. The number of benzene rings is 2. The average Bonchev–Trinajstić information content (AvgIpc) is 3.28. The van der Waals surface area contributed by atoms with E-state index in [1.54, 1.807) is 0 Å². The van der Waals surface area contributed by atoms with Crippen LogP contribution in [0.5, 0.6) is 0 Å². The van der Waals surface area contributed by atoms with E-state index in [2.05, 4.69) is 65.4 Å². The third kappa shape index (κ3) is 5.92. The van der Waals surface area contributed by atoms with Gasteiger partial charge in [-0.05, 0) is 56.2 Å². The maximum Gasteiger partial charge on any atom is 0.241 e. The molecule has 4 rings (SSSR count). The number of nitrogens with zero attached hydrogens (tertiary/aromatic N) is 3. The highest BCUT2D eigenvalue weighted by molar-refractivity contribution is 5.79. The summed E-state index contributed by atoms with van der Waals surface area (Å²) in [4.78, 5) is 19.9. The van der Waals surface area contributed by atoms with Gasteiger partial charge in [-0.25, -0.2) is 0 Å². The lowest BCUT2D eigenvalue weighted by Crippen LogP contribution is -2.46. The lowest BCUT2D eigenvalue weighted by Gasteiger charge is -2.33. The molecule has 6 nitrogen and oxygen atoms in total. The van der Waals surface area contributed by atoms with Gasteiger partial charge in [0, 0.05) is 18.2 Å². The van der Waals surface area contributed by atoms with Gasteiger partial charge >= 0.3 is 0 Å². The fourth-order valence-electron chi connectivity index (χ4n) is 5.04. The van der Waals surface area contributed by atoms with Crippen LogP contribution >= 0.6 is 0 Å². The minimum absolute atomic E-state index is 0.000667. The van der Waals surface area contributed by atoms with E-state index in [9.17, 15) is 4.79 Å². The van der Waals surface area contributed by atoms with Crippen LogP contribution in [0, 0.1) is 12.8 Å². The molecule has 1 fully saturated rings. The number of aryl methyl sites for hydroxylation is 1. The van der Waals surface area contributed by atoms with Crippen molar-refractivity contribution in [2.75, 3.05) is 13.1 Å². The van der Waals surface area contributed by atoms with Gasteiger partial charge in [0.1, 0.15) is 0 Å². The molecule has 2 unspecified atom stereocenters. The molecule has 3 aromatic rings. The van der Waals surface area contributed by atoms with Gasteiger partial charge in [-0.2, -0.15) is 4.98 Å². The van der Waals surface area contributed by atoms with E-state index >= 15 is 0 Å². The van der Waals surface area contributed by atoms with Gasteiger partial charge in [-0.3, -0.25) is 9.69 Å². The largest absolute Gasteiger partial charge is 0.353 e. The summed E-state index contributed by atoms with van der Waals surface area (Å²) in [5, 5.41) is 7.45. The van der Waals surface area contributed by atoms with Gasteiger partial charge in [0.15, 0.2) is 0 Å². The second-order valence-electron chi connectivity index (χ2n) is 10.3. The number of aromatic nitrogens is 2. The average molecular weight is 461 g/mol. The minimum Gasteiger partial charge on any atom is -0.353 e. The minimum atomic E-state index is -0.0187. The zero-order valence-electron chi connectivity index (χ0n) is 20.8. The molecular formula is C28H36N4O2. The van der Waals surface area contributed by atoms with Crippen molar-refractivity contribution in [3.05, 3.63) is 71.6 Å². The van der Waals surface area contributed by atoms with E-state index < -0.39 is 0 Å². The van der Waals surface area contributed by atoms with Crippen molar-refractivity contribution in [3.63, 3.8) is 0 Å². The molecular weight excluding hydrogens is 424 g/mol. The Morgan fingerprint density at radius 3 is 2.68 bits per heavy atom. The van der Waals surface area contributed by atoms with Crippen molar-refractivity contribution in [2.24, 2.45) is 5.92 Å². The lowest BCUT2D eigenvalue weighted by molar-refractivity contribution is -0.127. The van der Waals surface area contributed by atoms with E-state index in [0.717, 1.165) is 36.9 Å². The first-order chi connectivity index (χ1) is 16.3. The van der Waals surface area contributed by atoms with Crippen LogP contribution in [-0.2, 0) is 16.8 Å². The van der Waals surface area contributed by atoms with Crippen LogP contribution in [-0.4, -0.2) is 40.1 Å². The molecule has 1 saturated heterocycles. The molecule has 0 saturated carbocycles. The van der Waals surface area contributed by atoms with Crippen LogP contribution in [0.4, 0.5) is 0 Å². The van der Waals surface area contributed by atoms with E-state index in [0.29, 0.717) is 24.8 Å². The molecule has 1 aliphatic rings. The summed E-state index contributed by atoms with van der Waals surface area (Å²) in [7, 11) is 0. The normalized spacial score (nSPS) is 17.9. The van der Waals surface area contributed by atoms with Crippen molar-refractivity contribution >= 4 is 5.91 Å². The van der Waals surface area contributed by atoms with Gasteiger partial charge in [0.25, 0.3) is 0 Å². The molecule has 34 heavy (non-hydrogen) atoms. The van der Waals surface area contributed by atoms with Gasteiger partial charge in [0.05, 0.1) is 12.5 Å². The Labute approximate surface area is 202 Å². The summed E-state index contributed by atoms with van der Waals surface area (Å²) in [6.45, 7) is 10.8. The number of rotatable bonds is 8. The third-order valence-corrected chi connectivity index (χ3v) is 6.85. The van der Waals surface area contributed by atoms with Crippen LogP contribution in [0.1, 0.15) is 57.1 Å². The molecule has 1 aromatic heterocycles. The Bertz CT molecular complexity index is 1090. The highest BCUT2D eigenvalue weighted by Gasteiger charge is 2.29. The highest BCUT2D eigenvalue weighted by atomic mass is 16.5. The SMILES string of the molecule is Cc1ccccc1-c1noc(CN2CCCC(C(=O)NC(C)CC(C)(C)c3ccccc3)C2)n1. The van der Waals surface area contributed by atoms with Crippen LogP contribution in [0.15, 0.2) is 59.1 Å². The second-order valence-corrected chi connectivity index (χ2v) is 10.3. The standard InChI is InChI=1S/C28H36N4O2/c1-20-11-8-9-15-24(20)26-30-25(34-31-26)19-32-16-10-12-22(18-32)27(33)29-21(2)17-28(3,4)23-13-6-5-7-14-23/h5-9,11,13-15,21-22H,10,12,16-19H2,1-4H3,(H,29,33).